The van der Waals surface area contributed by atoms with Crippen LogP contribution in [0.2, 0.25) is 0 Å². The summed E-state index contributed by atoms with van der Waals surface area (Å²) in [6.45, 7) is 0. The van der Waals surface area contributed by atoms with Gasteiger partial charge in [-0.1, -0.05) is 12.1 Å². The first-order chi connectivity index (χ1) is 6.20. The largest absolute Gasteiger partial charge is 0.388 e. The Kier molecular flexibility index (Phi) is 3.76. The molecule has 3 N–H and O–H groups in total. The van der Waals surface area contributed by atoms with Gasteiger partial charge < -0.3 is 5.73 Å². The summed E-state index contributed by atoms with van der Waals surface area (Å²) >= 11 is 1.38. The zero-order valence-electron chi connectivity index (χ0n) is 7.09. The highest BCUT2D eigenvalue weighted by molar-refractivity contribution is 7.99. The fourth-order valence-corrected chi connectivity index (χ4v) is 1.76. The summed E-state index contributed by atoms with van der Waals surface area (Å²) in [5.41, 5.74) is 5.17. The number of thioether (sulfide) groups is 1. The van der Waals surface area contributed by atoms with Gasteiger partial charge in [0, 0.05) is 17.1 Å². The summed E-state index contributed by atoms with van der Waals surface area (Å²) in [6, 6.07) is 6.60. The Balaban J connectivity index is 2.45. The predicted molar refractivity (Wildman–Crippen MR) is 53.7 cm³/mol. The van der Waals surface area contributed by atoms with E-state index in [-0.39, 0.29) is 11.7 Å². The molecule has 0 heterocycles. The van der Waals surface area contributed by atoms with E-state index in [0.29, 0.717) is 17.1 Å². The van der Waals surface area contributed by atoms with Crippen molar-refractivity contribution in [3.8, 4) is 0 Å². The molecule has 0 radical (unpaired) electrons. The maximum atomic E-state index is 13.0. The smallest absolute Gasteiger partial charge is 0.136 e. The molecule has 0 amide bonds. The maximum absolute atomic E-state index is 13.0. The third kappa shape index (κ3) is 3.46. The van der Waals surface area contributed by atoms with Gasteiger partial charge in [0.25, 0.3) is 0 Å². The van der Waals surface area contributed by atoms with Gasteiger partial charge in [-0.2, -0.15) is 0 Å². The third-order valence-corrected chi connectivity index (χ3v) is 2.52. The average Bonchev–Trinajstić information content (AvgIpc) is 2.08. The monoisotopic (exact) mass is 198 g/mol. The quantitative estimate of drug-likeness (QED) is 0.443. The number of rotatable bonds is 4. The average molecular weight is 198 g/mol. The summed E-state index contributed by atoms with van der Waals surface area (Å²) in [5.74, 6) is 0.580. The van der Waals surface area contributed by atoms with Gasteiger partial charge in [0.2, 0.25) is 0 Å². The molecule has 0 spiro atoms. The standard InChI is InChI=1S/C9H11FN2S/c10-7-3-1-2-4-8(7)13-6-5-9(11)12/h1-4H,5-6H2,(H3,11,12). The molecule has 1 rings (SSSR count). The summed E-state index contributed by atoms with van der Waals surface area (Å²) in [4.78, 5) is 0.615. The Labute approximate surface area is 80.8 Å². The lowest BCUT2D eigenvalue weighted by atomic mass is 10.3. The van der Waals surface area contributed by atoms with Crippen molar-refractivity contribution in [2.75, 3.05) is 5.75 Å². The van der Waals surface area contributed by atoms with Gasteiger partial charge in [0.1, 0.15) is 5.82 Å². The van der Waals surface area contributed by atoms with Crippen LogP contribution < -0.4 is 5.73 Å². The highest BCUT2D eigenvalue weighted by Gasteiger charge is 2.00. The Morgan fingerprint density at radius 3 is 2.77 bits per heavy atom. The second kappa shape index (κ2) is 4.87. The Morgan fingerprint density at radius 2 is 2.15 bits per heavy atom. The minimum Gasteiger partial charge on any atom is -0.388 e. The van der Waals surface area contributed by atoms with Crippen molar-refractivity contribution >= 4 is 17.6 Å². The number of hydrogen-bond acceptors (Lipinski definition) is 2. The number of nitrogens with two attached hydrogens (primary N) is 1. The first kappa shape index (κ1) is 10.1. The molecular formula is C9H11FN2S. The van der Waals surface area contributed by atoms with Crippen LogP contribution in [-0.2, 0) is 0 Å². The van der Waals surface area contributed by atoms with E-state index in [4.69, 9.17) is 11.1 Å². The number of nitrogens with one attached hydrogen (secondary N) is 1. The van der Waals surface area contributed by atoms with Gasteiger partial charge in [0.05, 0.1) is 5.84 Å². The van der Waals surface area contributed by atoms with E-state index in [0.717, 1.165) is 0 Å². The molecule has 2 nitrogen and oxygen atoms in total. The van der Waals surface area contributed by atoms with E-state index in [9.17, 15) is 4.39 Å². The molecule has 0 aliphatic heterocycles. The third-order valence-electron chi connectivity index (χ3n) is 1.47. The van der Waals surface area contributed by atoms with Crippen LogP contribution in [-0.4, -0.2) is 11.6 Å². The molecule has 1 aromatic rings. The summed E-state index contributed by atoms with van der Waals surface area (Å²) in [5, 5.41) is 6.98. The van der Waals surface area contributed by atoms with E-state index in [1.165, 1.54) is 17.8 Å². The van der Waals surface area contributed by atoms with E-state index < -0.39 is 0 Å². The van der Waals surface area contributed by atoms with Crippen LogP contribution in [0, 0.1) is 11.2 Å². The van der Waals surface area contributed by atoms with Crippen molar-refractivity contribution in [3.05, 3.63) is 30.1 Å². The highest BCUT2D eigenvalue weighted by atomic mass is 32.2. The van der Waals surface area contributed by atoms with Gasteiger partial charge in [-0.3, -0.25) is 5.41 Å². The first-order valence-corrected chi connectivity index (χ1v) is 4.89. The van der Waals surface area contributed by atoms with Crippen molar-refractivity contribution in [2.24, 2.45) is 5.73 Å². The maximum Gasteiger partial charge on any atom is 0.136 e. The van der Waals surface area contributed by atoms with Crippen LogP contribution in [0.3, 0.4) is 0 Å². The second-order valence-corrected chi connectivity index (χ2v) is 3.69. The highest BCUT2D eigenvalue weighted by Crippen LogP contribution is 2.21. The van der Waals surface area contributed by atoms with Gasteiger partial charge >= 0.3 is 0 Å². The summed E-state index contributed by atoms with van der Waals surface area (Å²) in [7, 11) is 0. The number of amidine groups is 1. The van der Waals surface area contributed by atoms with Crippen molar-refractivity contribution in [2.45, 2.75) is 11.3 Å². The number of halogens is 1. The molecule has 0 atom stereocenters. The number of benzene rings is 1. The molecule has 0 aliphatic carbocycles. The fourth-order valence-electron chi connectivity index (χ4n) is 0.833. The normalized spacial score (nSPS) is 9.92. The van der Waals surface area contributed by atoms with E-state index >= 15 is 0 Å². The molecular weight excluding hydrogens is 187 g/mol. The van der Waals surface area contributed by atoms with Gasteiger partial charge in [-0.05, 0) is 12.1 Å². The number of hydrogen-bond donors (Lipinski definition) is 2. The van der Waals surface area contributed by atoms with Gasteiger partial charge in [-0.15, -0.1) is 11.8 Å². The molecule has 70 valence electrons. The minimum atomic E-state index is -0.212. The van der Waals surface area contributed by atoms with Crippen LogP contribution in [0.25, 0.3) is 0 Å². The lowest BCUT2D eigenvalue weighted by Gasteiger charge is -2.01. The summed E-state index contributed by atoms with van der Waals surface area (Å²) in [6.07, 6.45) is 0.499. The predicted octanol–water partition coefficient (Wildman–Crippen LogP) is 2.24. The van der Waals surface area contributed by atoms with Crippen LogP contribution in [0.5, 0.6) is 0 Å². The molecule has 0 aliphatic rings. The molecule has 0 saturated carbocycles. The lowest BCUT2D eigenvalue weighted by Crippen LogP contribution is -2.09. The van der Waals surface area contributed by atoms with Crippen LogP contribution in [0.1, 0.15) is 6.42 Å². The SMILES string of the molecule is N=C(N)CCSc1ccccc1F. The Morgan fingerprint density at radius 1 is 1.46 bits per heavy atom. The molecule has 1 aromatic carbocycles. The molecule has 0 saturated heterocycles. The minimum absolute atomic E-state index is 0.142. The molecule has 0 fully saturated rings. The summed E-state index contributed by atoms with van der Waals surface area (Å²) < 4.78 is 13.0. The molecule has 0 aromatic heterocycles. The van der Waals surface area contributed by atoms with Crippen molar-refractivity contribution in [3.63, 3.8) is 0 Å². The molecule has 0 bridgehead atoms. The topological polar surface area (TPSA) is 49.9 Å². The van der Waals surface area contributed by atoms with Crippen LogP contribution in [0.15, 0.2) is 29.2 Å². The zero-order chi connectivity index (χ0) is 9.68. The second-order valence-electron chi connectivity index (χ2n) is 2.55. The lowest BCUT2D eigenvalue weighted by molar-refractivity contribution is 0.602. The van der Waals surface area contributed by atoms with E-state index in [2.05, 4.69) is 0 Å². The Bertz CT molecular complexity index is 301. The van der Waals surface area contributed by atoms with Crippen LogP contribution >= 0.6 is 11.8 Å². The fraction of sp³-hybridized carbons (Fsp3) is 0.222. The first-order valence-electron chi connectivity index (χ1n) is 3.90. The van der Waals surface area contributed by atoms with E-state index in [1.807, 2.05) is 0 Å². The Hall–Kier alpha value is -1.03. The zero-order valence-corrected chi connectivity index (χ0v) is 7.90. The van der Waals surface area contributed by atoms with Gasteiger partial charge in [0.15, 0.2) is 0 Å². The molecule has 0 unspecified atom stereocenters. The molecule has 13 heavy (non-hydrogen) atoms. The van der Waals surface area contributed by atoms with Gasteiger partial charge in [-0.25, -0.2) is 4.39 Å². The molecule has 4 heteroatoms. The van der Waals surface area contributed by atoms with Crippen molar-refractivity contribution in [1.29, 1.82) is 5.41 Å². The van der Waals surface area contributed by atoms with Crippen LogP contribution in [0.4, 0.5) is 4.39 Å². The van der Waals surface area contributed by atoms with Crippen molar-refractivity contribution in [1.82, 2.24) is 0 Å². The van der Waals surface area contributed by atoms with Crippen molar-refractivity contribution < 1.29 is 4.39 Å². The van der Waals surface area contributed by atoms with E-state index in [1.54, 1.807) is 18.2 Å².